The average molecular weight is 624 g/mol. The van der Waals surface area contributed by atoms with Gasteiger partial charge in [-0.05, 0) is 73.9 Å². The van der Waals surface area contributed by atoms with Crippen molar-refractivity contribution >= 4 is 22.7 Å². The summed E-state index contributed by atoms with van der Waals surface area (Å²) in [5, 5.41) is 19.5. The molecule has 0 saturated heterocycles. The number of nitrogens with zero attached hydrogens (tertiary/aromatic N) is 5. The highest BCUT2D eigenvalue weighted by atomic mass is 16.4. The minimum absolute atomic E-state index is 0.165. The first-order valence-electron chi connectivity index (χ1n) is 16.0. The minimum atomic E-state index is -0.903. The van der Waals surface area contributed by atoms with Crippen LogP contribution in [0.25, 0.3) is 28.1 Å². The highest BCUT2D eigenvalue weighted by Crippen LogP contribution is 2.46. The third kappa shape index (κ3) is 5.19. The number of benzene rings is 3. The Kier molecular flexibility index (Phi) is 7.72. The van der Waals surface area contributed by atoms with Gasteiger partial charge in [0.1, 0.15) is 11.2 Å². The first-order valence-corrected chi connectivity index (χ1v) is 16.0. The summed E-state index contributed by atoms with van der Waals surface area (Å²) in [6.45, 7) is 5.86. The summed E-state index contributed by atoms with van der Waals surface area (Å²) in [6, 6.07) is 33.3. The predicted molar refractivity (Wildman–Crippen MR) is 183 cm³/mol. The van der Waals surface area contributed by atoms with Crippen molar-refractivity contribution in [1.29, 1.82) is 0 Å². The molecule has 0 spiro atoms. The average Bonchev–Trinajstić information content (AvgIpc) is 3.75. The summed E-state index contributed by atoms with van der Waals surface area (Å²) in [7, 11) is 0. The fourth-order valence-electron chi connectivity index (χ4n) is 7.41. The topological polar surface area (TPSA) is 97.3 Å². The molecule has 0 fully saturated rings. The molecule has 1 atom stereocenters. The van der Waals surface area contributed by atoms with E-state index in [4.69, 9.17) is 9.40 Å². The van der Waals surface area contributed by atoms with E-state index >= 15 is 0 Å². The molecule has 3 aromatic carbocycles. The van der Waals surface area contributed by atoms with Crippen molar-refractivity contribution < 1.29 is 14.3 Å². The van der Waals surface area contributed by atoms with E-state index in [2.05, 4.69) is 99.8 Å². The van der Waals surface area contributed by atoms with Crippen molar-refractivity contribution in [3.63, 3.8) is 0 Å². The monoisotopic (exact) mass is 623 g/mol. The normalized spacial score (nSPS) is 15.4. The zero-order valence-electron chi connectivity index (χ0n) is 26.7. The number of aromatic nitrogens is 4. The van der Waals surface area contributed by atoms with Gasteiger partial charge in [0, 0.05) is 29.4 Å². The van der Waals surface area contributed by atoms with Crippen molar-refractivity contribution in [2.75, 3.05) is 0 Å². The number of carbonyl (C=O) groups is 1. The number of rotatable bonds is 7. The third-order valence-corrected chi connectivity index (χ3v) is 9.20. The van der Waals surface area contributed by atoms with Crippen molar-refractivity contribution in [3.05, 3.63) is 144 Å². The van der Waals surface area contributed by atoms with Crippen molar-refractivity contribution in [1.82, 2.24) is 24.6 Å². The Morgan fingerprint density at radius 1 is 0.872 bits per heavy atom. The molecule has 3 heterocycles. The molecule has 0 aliphatic heterocycles. The second-order valence-electron chi connectivity index (χ2n) is 13.0. The quantitative estimate of drug-likeness (QED) is 0.179. The second-order valence-corrected chi connectivity index (χ2v) is 13.0. The summed E-state index contributed by atoms with van der Waals surface area (Å²) in [5.74, 6) is 0.390. The molecule has 1 N–H and O–H groups in total. The van der Waals surface area contributed by atoms with Crippen LogP contribution in [0.1, 0.15) is 62.3 Å². The zero-order valence-corrected chi connectivity index (χ0v) is 26.7. The first-order chi connectivity index (χ1) is 22.8. The van der Waals surface area contributed by atoms with E-state index < -0.39 is 17.2 Å². The minimum Gasteiger partial charge on any atom is -0.465 e. The van der Waals surface area contributed by atoms with Gasteiger partial charge in [0.05, 0.1) is 5.56 Å². The van der Waals surface area contributed by atoms with Crippen LogP contribution in [0.2, 0.25) is 0 Å². The molecule has 47 heavy (non-hydrogen) atoms. The Labute approximate surface area is 274 Å². The molecule has 0 bridgehead atoms. The number of fused-ring (bicyclic) bond motifs is 1. The maximum absolute atomic E-state index is 12.5. The van der Waals surface area contributed by atoms with E-state index in [-0.39, 0.29) is 6.04 Å². The molecule has 1 aliphatic carbocycles. The van der Waals surface area contributed by atoms with Crippen molar-refractivity contribution in [2.24, 2.45) is 0 Å². The first kappa shape index (κ1) is 30.2. The van der Waals surface area contributed by atoms with E-state index in [1.165, 1.54) is 6.39 Å². The largest absolute Gasteiger partial charge is 0.465 e. The molecule has 236 valence electrons. The van der Waals surface area contributed by atoms with Crippen LogP contribution in [0.4, 0.5) is 4.79 Å². The maximum atomic E-state index is 12.5. The van der Waals surface area contributed by atoms with Crippen LogP contribution in [0.15, 0.2) is 126 Å². The molecular weight excluding hydrogens is 586 g/mol. The Hall–Kier alpha value is -5.50. The van der Waals surface area contributed by atoms with Crippen LogP contribution < -0.4 is 0 Å². The lowest BCUT2D eigenvalue weighted by molar-refractivity contribution is 0.0679. The molecule has 1 unspecified atom stereocenters. The lowest BCUT2D eigenvalue weighted by Crippen LogP contribution is -2.51. The van der Waals surface area contributed by atoms with Gasteiger partial charge in [0.2, 0.25) is 12.3 Å². The van der Waals surface area contributed by atoms with Crippen LogP contribution in [-0.2, 0) is 5.54 Å². The van der Waals surface area contributed by atoms with Crippen LogP contribution >= 0.6 is 0 Å². The zero-order chi connectivity index (χ0) is 32.6. The van der Waals surface area contributed by atoms with Gasteiger partial charge < -0.3 is 19.0 Å². The smallest absolute Gasteiger partial charge is 0.407 e. The molecule has 0 radical (unpaired) electrons. The number of carboxylic acid groups (broad SMARTS) is 1. The van der Waals surface area contributed by atoms with E-state index in [1.807, 2.05) is 51.2 Å². The highest BCUT2D eigenvalue weighted by Gasteiger charge is 2.41. The van der Waals surface area contributed by atoms with Gasteiger partial charge in [-0.15, -0.1) is 10.2 Å². The van der Waals surface area contributed by atoms with Crippen LogP contribution in [0, 0.1) is 0 Å². The number of allylic oxidation sites excluding steroid dienone is 1. The Morgan fingerprint density at radius 2 is 1.47 bits per heavy atom. The molecular formula is C39H37N5O3. The molecule has 1 amide bonds. The second kappa shape index (κ2) is 12.0. The summed E-state index contributed by atoms with van der Waals surface area (Å²) in [6.07, 6.45) is 8.72. The summed E-state index contributed by atoms with van der Waals surface area (Å²) < 4.78 is 8.12. The highest BCUT2D eigenvalue weighted by molar-refractivity contribution is 6.01. The summed E-state index contributed by atoms with van der Waals surface area (Å²) in [4.78, 5) is 19.2. The standard InChI is InChI=1S/C39H37N5O3/c1-38(2,3)44(37(45)46)31-21-13-14-27(24-31)32-22-23-40-35-34(32)33(36-42-41-26-47-36)25-43(35)39(28-15-7-4-8-16-28,29-17-9-5-10-18-29)30-19-11-6-12-20-30/h4-12,14-20,22-23,25-26,31H,13,21,24H2,1-3H3,(H,45,46). The van der Waals surface area contributed by atoms with Gasteiger partial charge in [-0.2, -0.15) is 0 Å². The van der Waals surface area contributed by atoms with E-state index in [0.29, 0.717) is 12.3 Å². The summed E-state index contributed by atoms with van der Waals surface area (Å²) >= 11 is 0. The molecule has 7 rings (SSSR count). The molecule has 3 aromatic heterocycles. The van der Waals surface area contributed by atoms with Gasteiger partial charge in [0.15, 0.2) is 0 Å². The summed E-state index contributed by atoms with van der Waals surface area (Å²) in [5.41, 5.74) is 5.42. The van der Waals surface area contributed by atoms with Crippen molar-refractivity contribution in [3.8, 4) is 11.5 Å². The Bertz CT molecular complexity index is 1930. The van der Waals surface area contributed by atoms with Gasteiger partial charge in [-0.1, -0.05) is 97.1 Å². The maximum Gasteiger partial charge on any atom is 0.407 e. The molecule has 8 nitrogen and oxygen atoms in total. The molecule has 0 saturated carbocycles. The van der Waals surface area contributed by atoms with Crippen LogP contribution in [0.3, 0.4) is 0 Å². The number of pyridine rings is 1. The van der Waals surface area contributed by atoms with Gasteiger partial charge in [-0.25, -0.2) is 9.78 Å². The van der Waals surface area contributed by atoms with E-state index in [0.717, 1.165) is 57.3 Å². The third-order valence-electron chi connectivity index (χ3n) is 9.20. The van der Waals surface area contributed by atoms with Gasteiger partial charge in [0.25, 0.3) is 0 Å². The Morgan fingerprint density at radius 3 is 1.98 bits per heavy atom. The fraction of sp³-hybridized carbons (Fsp3) is 0.231. The number of hydrogen-bond donors (Lipinski definition) is 1. The molecule has 8 heteroatoms. The van der Waals surface area contributed by atoms with E-state index in [1.54, 1.807) is 4.90 Å². The Balaban J connectivity index is 1.53. The van der Waals surface area contributed by atoms with E-state index in [9.17, 15) is 9.90 Å². The number of amides is 1. The van der Waals surface area contributed by atoms with Crippen LogP contribution in [-0.4, -0.2) is 47.4 Å². The lowest BCUT2D eigenvalue weighted by Gasteiger charge is -2.41. The predicted octanol–water partition coefficient (Wildman–Crippen LogP) is 8.64. The number of hydrogen-bond acceptors (Lipinski definition) is 5. The molecule has 1 aliphatic rings. The molecule has 6 aromatic rings. The van der Waals surface area contributed by atoms with Crippen LogP contribution in [0.5, 0.6) is 0 Å². The van der Waals surface area contributed by atoms with Gasteiger partial charge in [-0.3, -0.25) is 0 Å². The van der Waals surface area contributed by atoms with Crippen molar-refractivity contribution in [2.45, 2.75) is 57.2 Å². The lowest BCUT2D eigenvalue weighted by atomic mass is 9.76. The SMILES string of the molecule is CC(C)(C)N(C(=O)O)C1CCC=C(c2ccnc3c2c(-c2nnco2)cn3C(c2ccccc2)(c2ccccc2)c2ccccc2)C1. The van der Waals surface area contributed by atoms with Gasteiger partial charge >= 0.3 is 6.09 Å². The fourth-order valence-corrected chi connectivity index (χ4v) is 7.41.